The molecule has 41 heavy (non-hydrogen) atoms. The first kappa shape index (κ1) is 30.2. The predicted molar refractivity (Wildman–Crippen MR) is 148 cm³/mol. The van der Waals surface area contributed by atoms with Crippen LogP contribution in [0, 0.1) is 21.7 Å². The number of nitro benzene ring substituents is 1. The van der Waals surface area contributed by atoms with Crippen LogP contribution >= 0.6 is 0 Å². The Morgan fingerprint density at radius 2 is 1.83 bits per heavy atom. The van der Waals surface area contributed by atoms with Gasteiger partial charge < -0.3 is 9.80 Å². The number of anilines is 1. The number of nitro groups is 1. The smallest absolute Gasteiger partial charge is 0.282 e. The lowest BCUT2D eigenvalue weighted by molar-refractivity contribution is -0.385. The number of carbonyl (C=O) groups excluding carboxylic acids is 1. The van der Waals surface area contributed by atoms with Crippen LogP contribution in [0.25, 0.3) is 0 Å². The van der Waals surface area contributed by atoms with E-state index >= 15 is 0 Å². The highest BCUT2D eigenvalue weighted by molar-refractivity contribution is 7.89. The van der Waals surface area contributed by atoms with Crippen LogP contribution < -0.4 is 4.90 Å². The minimum atomic E-state index is -4.24. The summed E-state index contributed by atoms with van der Waals surface area (Å²) in [7, 11) is -0.427. The summed E-state index contributed by atoms with van der Waals surface area (Å²) in [6.07, 6.45) is -0.0652. The van der Waals surface area contributed by atoms with Crippen LogP contribution in [0.1, 0.15) is 41.2 Å². The molecule has 220 valence electrons. The SMILES string of the molecule is CC(C)N(C)CCN(C)c1ccc(C(=O)Cc2n[nH]c3c2CN(S(=O)(=O)c2cc(F)cc(F)c2)CC3)c([N+](=O)[O-])c1. The number of nitrogens with zero attached hydrogens (tertiary/aromatic N) is 5. The second-order valence-corrected chi connectivity index (χ2v) is 12.3. The number of aromatic amines is 1. The number of H-pyrrole nitrogens is 1. The number of sulfonamides is 1. The number of halogens is 2. The zero-order chi connectivity index (χ0) is 30.1. The van der Waals surface area contributed by atoms with Gasteiger partial charge in [-0.05, 0) is 45.2 Å². The summed E-state index contributed by atoms with van der Waals surface area (Å²) >= 11 is 0. The fraction of sp³-hybridized carbons (Fsp3) is 0.407. The van der Waals surface area contributed by atoms with Gasteiger partial charge in [0.2, 0.25) is 10.0 Å². The molecule has 0 aliphatic carbocycles. The van der Waals surface area contributed by atoms with Crippen molar-refractivity contribution in [1.82, 2.24) is 19.4 Å². The number of carbonyl (C=O) groups is 1. The summed E-state index contributed by atoms with van der Waals surface area (Å²) in [5.41, 5.74) is 1.51. The maximum atomic E-state index is 13.7. The number of benzene rings is 2. The van der Waals surface area contributed by atoms with E-state index in [0.717, 1.165) is 23.0 Å². The highest BCUT2D eigenvalue weighted by Crippen LogP contribution is 2.30. The Morgan fingerprint density at radius 3 is 2.46 bits per heavy atom. The van der Waals surface area contributed by atoms with E-state index in [1.165, 1.54) is 12.1 Å². The van der Waals surface area contributed by atoms with Crippen molar-refractivity contribution in [2.24, 2.45) is 0 Å². The van der Waals surface area contributed by atoms with E-state index in [1.54, 1.807) is 6.07 Å². The summed E-state index contributed by atoms with van der Waals surface area (Å²) in [6.45, 7) is 5.38. The van der Waals surface area contributed by atoms with E-state index in [9.17, 15) is 32.1 Å². The summed E-state index contributed by atoms with van der Waals surface area (Å²) < 4.78 is 54.7. The molecule has 1 aliphatic heterocycles. The Labute approximate surface area is 237 Å². The van der Waals surface area contributed by atoms with Gasteiger partial charge in [0.15, 0.2) is 5.78 Å². The number of ketones is 1. The molecule has 0 saturated heterocycles. The van der Waals surface area contributed by atoms with Crippen molar-refractivity contribution in [3.63, 3.8) is 0 Å². The van der Waals surface area contributed by atoms with E-state index in [1.807, 2.05) is 19.0 Å². The van der Waals surface area contributed by atoms with Crippen LogP contribution in [0.5, 0.6) is 0 Å². The van der Waals surface area contributed by atoms with Gasteiger partial charge in [-0.3, -0.25) is 20.0 Å². The normalized spacial score (nSPS) is 14.0. The van der Waals surface area contributed by atoms with Gasteiger partial charge in [0.25, 0.3) is 5.69 Å². The molecule has 1 aromatic heterocycles. The van der Waals surface area contributed by atoms with Crippen molar-refractivity contribution in [2.45, 2.75) is 44.2 Å². The maximum Gasteiger partial charge on any atom is 0.282 e. The summed E-state index contributed by atoms with van der Waals surface area (Å²) in [6, 6.07) is 6.88. The number of hydrogen-bond donors (Lipinski definition) is 1. The fourth-order valence-corrected chi connectivity index (χ4v) is 6.05. The molecule has 3 aromatic rings. The molecule has 1 N–H and O–H groups in total. The molecule has 0 radical (unpaired) electrons. The largest absolute Gasteiger partial charge is 0.373 e. The quantitative estimate of drug-likeness (QED) is 0.204. The van der Waals surface area contributed by atoms with E-state index in [-0.39, 0.29) is 42.9 Å². The van der Waals surface area contributed by atoms with Crippen LogP contribution in [-0.4, -0.2) is 78.3 Å². The number of aromatic nitrogens is 2. The van der Waals surface area contributed by atoms with Crippen molar-refractivity contribution in [3.05, 3.63) is 80.7 Å². The van der Waals surface area contributed by atoms with E-state index in [2.05, 4.69) is 28.9 Å². The number of likely N-dealkylation sites (N-methyl/N-ethyl adjacent to an activating group) is 2. The van der Waals surface area contributed by atoms with Gasteiger partial charge in [-0.2, -0.15) is 9.40 Å². The third-order valence-electron chi connectivity index (χ3n) is 7.37. The molecule has 4 rings (SSSR count). The first-order valence-corrected chi connectivity index (χ1v) is 14.5. The minimum absolute atomic E-state index is 0.0382. The van der Waals surface area contributed by atoms with E-state index in [0.29, 0.717) is 35.6 Å². The van der Waals surface area contributed by atoms with Gasteiger partial charge in [0.1, 0.15) is 11.6 Å². The number of fused-ring (bicyclic) bond motifs is 1. The molecule has 0 spiro atoms. The molecule has 14 heteroatoms. The lowest BCUT2D eigenvalue weighted by Crippen LogP contribution is -2.36. The predicted octanol–water partition coefficient (Wildman–Crippen LogP) is 3.54. The molecule has 1 aliphatic rings. The molecular formula is C27H32F2N6O5S. The molecule has 0 amide bonds. The Hall–Kier alpha value is -3.75. The Bertz CT molecular complexity index is 1560. The average molecular weight is 591 g/mol. The van der Waals surface area contributed by atoms with Crippen LogP contribution in [0.2, 0.25) is 0 Å². The highest BCUT2D eigenvalue weighted by atomic mass is 32.2. The monoisotopic (exact) mass is 590 g/mol. The first-order valence-electron chi connectivity index (χ1n) is 13.0. The summed E-state index contributed by atoms with van der Waals surface area (Å²) in [5, 5.41) is 18.9. The van der Waals surface area contributed by atoms with Crippen molar-refractivity contribution < 1.29 is 26.9 Å². The molecule has 0 fully saturated rings. The molecule has 2 aromatic carbocycles. The lowest BCUT2D eigenvalue weighted by Gasteiger charge is -2.26. The zero-order valence-electron chi connectivity index (χ0n) is 23.2. The third-order valence-corrected chi connectivity index (χ3v) is 9.20. The van der Waals surface area contributed by atoms with E-state index in [4.69, 9.17) is 0 Å². The van der Waals surface area contributed by atoms with Gasteiger partial charge in [-0.25, -0.2) is 17.2 Å². The molecule has 0 atom stereocenters. The number of nitrogens with one attached hydrogen (secondary N) is 1. The fourth-order valence-electron chi connectivity index (χ4n) is 4.59. The van der Waals surface area contributed by atoms with E-state index < -0.39 is 37.3 Å². The van der Waals surface area contributed by atoms with Gasteiger partial charge in [0, 0.05) is 74.8 Å². The Balaban J connectivity index is 1.54. The number of Topliss-reactive ketones (excluding diaryl/α,β-unsaturated/α-hetero) is 1. The van der Waals surface area contributed by atoms with Crippen molar-refractivity contribution in [1.29, 1.82) is 0 Å². The average Bonchev–Trinajstić information content (AvgIpc) is 3.32. The molecular weight excluding hydrogens is 558 g/mol. The second kappa shape index (κ2) is 12.0. The third kappa shape index (κ3) is 6.60. The summed E-state index contributed by atoms with van der Waals surface area (Å²) in [5.74, 6) is -2.58. The van der Waals surface area contributed by atoms with Crippen LogP contribution in [0.15, 0.2) is 41.3 Å². The van der Waals surface area contributed by atoms with Gasteiger partial charge in [-0.1, -0.05) is 0 Å². The van der Waals surface area contributed by atoms with Crippen LogP contribution in [-0.2, 0) is 29.4 Å². The zero-order valence-corrected chi connectivity index (χ0v) is 24.0. The number of rotatable bonds is 11. The van der Waals surface area contributed by atoms with Gasteiger partial charge >= 0.3 is 0 Å². The molecule has 0 bridgehead atoms. The maximum absolute atomic E-state index is 13.7. The summed E-state index contributed by atoms with van der Waals surface area (Å²) in [4.78, 5) is 28.1. The van der Waals surface area contributed by atoms with Crippen LogP contribution in [0.3, 0.4) is 0 Å². The van der Waals surface area contributed by atoms with Gasteiger partial charge in [-0.15, -0.1) is 0 Å². The van der Waals surface area contributed by atoms with Crippen molar-refractivity contribution in [3.8, 4) is 0 Å². The number of hydrogen-bond acceptors (Lipinski definition) is 8. The highest BCUT2D eigenvalue weighted by Gasteiger charge is 2.33. The standard InChI is InChI=1S/C27H32F2N6O5S/c1-17(2)32(3)9-10-33(4)20-5-6-22(26(14-20)35(37)38)27(36)15-25-23-16-34(8-7-24(23)30-31-25)41(39,40)21-12-18(28)11-19(29)13-21/h5-6,11-14,17H,7-10,15-16H2,1-4H3,(H,30,31). The lowest BCUT2D eigenvalue weighted by atomic mass is 9.99. The minimum Gasteiger partial charge on any atom is -0.373 e. The van der Waals surface area contributed by atoms with Crippen LogP contribution in [0.4, 0.5) is 20.2 Å². The topological polar surface area (TPSA) is 133 Å². The second-order valence-electron chi connectivity index (χ2n) is 10.4. The van der Waals surface area contributed by atoms with Crippen molar-refractivity contribution in [2.75, 3.05) is 38.6 Å². The molecule has 2 heterocycles. The molecule has 0 unspecified atom stereocenters. The van der Waals surface area contributed by atoms with Crippen molar-refractivity contribution >= 4 is 27.2 Å². The molecule has 11 nitrogen and oxygen atoms in total. The van der Waals surface area contributed by atoms with Gasteiger partial charge in [0.05, 0.1) is 27.5 Å². The first-order chi connectivity index (χ1) is 19.3. The molecule has 0 saturated carbocycles. The Morgan fingerprint density at radius 1 is 1.15 bits per heavy atom. The Kier molecular flexibility index (Phi) is 8.85.